The molecule has 2 N–H and O–H groups in total. The van der Waals surface area contributed by atoms with Crippen LogP contribution in [-0.2, 0) is 11.3 Å². The third-order valence-electron chi connectivity index (χ3n) is 5.72. The molecule has 0 aliphatic rings. The molecule has 0 bridgehead atoms. The molecule has 0 aliphatic carbocycles. The number of halogens is 1. The number of fused-ring (bicyclic) bond motifs is 1. The number of rotatable bonds is 6. The highest BCUT2D eigenvalue weighted by Crippen LogP contribution is 2.23. The van der Waals surface area contributed by atoms with Crippen LogP contribution in [-0.4, -0.2) is 21.4 Å². The lowest BCUT2D eigenvalue weighted by Gasteiger charge is -2.17. The van der Waals surface area contributed by atoms with Crippen molar-refractivity contribution in [2.45, 2.75) is 33.4 Å². The van der Waals surface area contributed by atoms with Crippen LogP contribution in [0.2, 0.25) is 5.02 Å². The number of aromatic nitrogens is 2. The Morgan fingerprint density at radius 3 is 2.52 bits per heavy atom. The zero-order chi connectivity index (χ0) is 23.5. The summed E-state index contributed by atoms with van der Waals surface area (Å²) in [5.74, 6) is 0.122. The van der Waals surface area contributed by atoms with Crippen molar-refractivity contribution in [2.75, 3.05) is 5.32 Å². The van der Waals surface area contributed by atoms with Crippen LogP contribution >= 0.6 is 11.6 Å². The Morgan fingerprint density at radius 1 is 1.00 bits per heavy atom. The van der Waals surface area contributed by atoms with E-state index in [1.165, 1.54) is 0 Å². The van der Waals surface area contributed by atoms with Gasteiger partial charge in [0.1, 0.15) is 12.4 Å². The van der Waals surface area contributed by atoms with Crippen LogP contribution in [0.15, 0.2) is 66.7 Å². The summed E-state index contributed by atoms with van der Waals surface area (Å²) in [5, 5.41) is 6.34. The lowest BCUT2D eigenvalue weighted by atomic mass is 10.1. The molecule has 4 aromatic rings. The molecule has 0 saturated heterocycles. The SMILES string of the molecule is Cc1cccc(NC(=O)Cn2c(C(C)NC(=O)c3ccccc3Cl)nc3ccccc32)c1C. The summed E-state index contributed by atoms with van der Waals surface area (Å²) >= 11 is 6.18. The summed E-state index contributed by atoms with van der Waals surface area (Å²) < 4.78 is 1.84. The fourth-order valence-electron chi connectivity index (χ4n) is 3.80. The summed E-state index contributed by atoms with van der Waals surface area (Å²) in [6.07, 6.45) is 0. The number of nitrogens with zero attached hydrogens (tertiary/aromatic N) is 2. The Kier molecular flexibility index (Phi) is 6.47. The van der Waals surface area contributed by atoms with Crippen LogP contribution in [0, 0.1) is 13.8 Å². The molecule has 0 aliphatic heterocycles. The largest absolute Gasteiger partial charge is 0.342 e. The minimum absolute atomic E-state index is 0.0650. The molecule has 6 nitrogen and oxygen atoms in total. The lowest BCUT2D eigenvalue weighted by molar-refractivity contribution is -0.116. The third kappa shape index (κ3) is 4.76. The highest BCUT2D eigenvalue weighted by molar-refractivity contribution is 6.33. The van der Waals surface area contributed by atoms with E-state index >= 15 is 0 Å². The molecule has 1 heterocycles. The summed E-state index contributed by atoms with van der Waals surface area (Å²) in [6, 6.07) is 19.9. The van der Waals surface area contributed by atoms with Crippen molar-refractivity contribution in [3.8, 4) is 0 Å². The van der Waals surface area contributed by atoms with E-state index in [0.29, 0.717) is 16.4 Å². The van der Waals surface area contributed by atoms with Gasteiger partial charge in [-0.15, -0.1) is 0 Å². The second-order valence-corrected chi connectivity index (χ2v) is 8.42. The van der Waals surface area contributed by atoms with Gasteiger partial charge in [0.15, 0.2) is 0 Å². The molecule has 1 atom stereocenters. The maximum absolute atomic E-state index is 13.0. The average molecular weight is 461 g/mol. The molecule has 4 rings (SSSR count). The molecule has 0 spiro atoms. The number of para-hydroxylation sites is 2. The smallest absolute Gasteiger partial charge is 0.253 e. The molecule has 33 heavy (non-hydrogen) atoms. The quantitative estimate of drug-likeness (QED) is 0.402. The van der Waals surface area contributed by atoms with Crippen molar-refractivity contribution in [1.82, 2.24) is 14.9 Å². The Bertz CT molecular complexity index is 1350. The second-order valence-electron chi connectivity index (χ2n) is 8.02. The predicted octanol–water partition coefficient (Wildman–Crippen LogP) is 5.44. The predicted molar refractivity (Wildman–Crippen MR) is 132 cm³/mol. The molecule has 1 aromatic heterocycles. The van der Waals surface area contributed by atoms with Crippen LogP contribution in [0.3, 0.4) is 0 Å². The van der Waals surface area contributed by atoms with Crippen molar-refractivity contribution in [3.63, 3.8) is 0 Å². The number of nitrogens with one attached hydrogen (secondary N) is 2. The zero-order valence-corrected chi connectivity index (χ0v) is 19.5. The molecule has 0 radical (unpaired) electrons. The number of hydrogen-bond donors (Lipinski definition) is 2. The number of hydrogen-bond acceptors (Lipinski definition) is 3. The molecular weight excluding hydrogens is 436 g/mol. The molecule has 1 unspecified atom stereocenters. The van der Waals surface area contributed by atoms with E-state index in [-0.39, 0.29) is 18.4 Å². The first kappa shape index (κ1) is 22.6. The maximum atomic E-state index is 13.0. The van der Waals surface area contributed by atoms with Gasteiger partial charge >= 0.3 is 0 Å². The van der Waals surface area contributed by atoms with Crippen LogP contribution in [0.4, 0.5) is 5.69 Å². The van der Waals surface area contributed by atoms with Gasteiger partial charge in [-0.3, -0.25) is 9.59 Å². The van der Waals surface area contributed by atoms with Gasteiger partial charge in [-0.1, -0.05) is 48.0 Å². The van der Waals surface area contributed by atoms with Gasteiger partial charge in [0.25, 0.3) is 5.91 Å². The molecule has 2 amide bonds. The van der Waals surface area contributed by atoms with Crippen molar-refractivity contribution < 1.29 is 9.59 Å². The molecule has 168 valence electrons. The first-order chi connectivity index (χ1) is 15.8. The summed E-state index contributed by atoms with van der Waals surface area (Å²) in [5.41, 5.74) is 4.89. The highest BCUT2D eigenvalue weighted by atomic mass is 35.5. The Balaban J connectivity index is 1.61. The van der Waals surface area contributed by atoms with E-state index in [9.17, 15) is 9.59 Å². The van der Waals surface area contributed by atoms with Crippen LogP contribution < -0.4 is 10.6 Å². The topological polar surface area (TPSA) is 76.0 Å². The number of benzene rings is 3. The number of carbonyl (C=O) groups is 2. The Morgan fingerprint density at radius 2 is 1.73 bits per heavy atom. The van der Waals surface area contributed by atoms with Crippen LogP contribution in [0.1, 0.15) is 40.3 Å². The zero-order valence-electron chi connectivity index (χ0n) is 18.7. The monoisotopic (exact) mass is 460 g/mol. The fourth-order valence-corrected chi connectivity index (χ4v) is 4.02. The van der Waals surface area contributed by atoms with E-state index in [1.54, 1.807) is 24.3 Å². The molecule has 0 saturated carbocycles. The lowest BCUT2D eigenvalue weighted by Crippen LogP contribution is -2.30. The average Bonchev–Trinajstić information content (AvgIpc) is 3.15. The van der Waals surface area contributed by atoms with Crippen molar-refractivity contribution >= 4 is 40.1 Å². The summed E-state index contributed by atoms with van der Waals surface area (Å²) in [7, 11) is 0. The summed E-state index contributed by atoms with van der Waals surface area (Å²) in [4.78, 5) is 30.5. The Labute approximate surface area is 197 Å². The maximum Gasteiger partial charge on any atom is 0.253 e. The van der Waals surface area contributed by atoms with Crippen molar-refractivity contribution in [2.24, 2.45) is 0 Å². The normalized spacial score (nSPS) is 11.9. The number of anilines is 1. The molecule has 7 heteroatoms. The second kappa shape index (κ2) is 9.46. The number of imidazole rings is 1. The molecular formula is C26H25ClN4O2. The van der Waals surface area contributed by atoms with Gasteiger partial charge in [0, 0.05) is 5.69 Å². The van der Waals surface area contributed by atoms with Gasteiger partial charge < -0.3 is 15.2 Å². The first-order valence-electron chi connectivity index (χ1n) is 10.7. The molecule has 0 fully saturated rings. The minimum Gasteiger partial charge on any atom is -0.342 e. The highest BCUT2D eigenvalue weighted by Gasteiger charge is 2.21. The van der Waals surface area contributed by atoms with E-state index in [2.05, 4.69) is 10.6 Å². The summed E-state index contributed by atoms with van der Waals surface area (Å²) in [6.45, 7) is 5.90. The van der Waals surface area contributed by atoms with Gasteiger partial charge in [-0.25, -0.2) is 4.98 Å². The fraction of sp³-hybridized carbons (Fsp3) is 0.192. The number of aryl methyl sites for hydroxylation is 1. The van der Waals surface area contributed by atoms with Gasteiger partial charge in [0.05, 0.1) is 27.7 Å². The van der Waals surface area contributed by atoms with E-state index in [0.717, 1.165) is 27.8 Å². The van der Waals surface area contributed by atoms with Gasteiger partial charge in [0.2, 0.25) is 5.91 Å². The standard InChI is InChI=1S/C26H25ClN4O2/c1-16-9-8-13-21(17(16)2)29-24(32)15-31-23-14-7-6-12-22(23)30-25(31)18(3)28-26(33)19-10-4-5-11-20(19)27/h4-14,18H,15H2,1-3H3,(H,28,33)(H,29,32). The van der Waals surface area contributed by atoms with E-state index in [1.807, 2.05) is 67.8 Å². The first-order valence-corrected chi connectivity index (χ1v) is 11.1. The number of carbonyl (C=O) groups excluding carboxylic acids is 2. The van der Waals surface area contributed by atoms with Gasteiger partial charge in [-0.05, 0) is 62.2 Å². The van der Waals surface area contributed by atoms with Crippen molar-refractivity contribution in [1.29, 1.82) is 0 Å². The van der Waals surface area contributed by atoms with Crippen LogP contribution in [0.5, 0.6) is 0 Å². The van der Waals surface area contributed by atoms with Crippen LogP contribution in [0.25, 0.3) is 11.0 Å². The number of amides is 2. The van der Waals surface area contributed by atoms with E-state index < -0.39 is 6.04 Å². The minimum atomic E-state index is -0.449. The van der Waals surface area contributed by atoms with Crippen molar-refractivity contribution in [3.05, 3.63) is 94.3 Å². The molecule has 3 aromatic carbocycles. The Hall–Kier alpha value is -3.64. The third-order valence-corrected chi connectivity index (χ3v) is 6.05. The van der Waals surface area contributed by atoms with E-state index in [4.69, 9.17) is 16.6 Å². The van der Waals surface area contributed by atoms with Gasteiger partial charge in [-0.2, -0.15) is 0 Å².